The molecule has 2 amide bonds. The molecule has 0 aromatic rings. The molecule has 0 radical (unpaired) electrons. The van der Waals surface area contributed by atoms with Crippen LogP contribution in [0.15, 0.2) is 11.6 Å². The number of carbonyl (C=O) groups excluding carboxylic acids is 1. The third kappa shape index (κ3) is 3.12. The van der Waals surface area contributed by atoms with Gasteiger partial charge in [-0.2, -0.15) is 0 Å². The van der Waals surface area contributed by atoms with Gasteiger partial charge < -0.3 is 20.1 Å². The van der Waals surface area contributed by atoms with Crippen LogP contribution >= 0.6 is 0 Å². The molecule has 0 aromatic carbocycles. The number of nitrogens with zero attached hydrogens (tertiary/aromatic N) is 1. The molecule has 0 aromatic heterocycles. The molecule has 6 heteroatoms. The topological polar surface area (TPSA) is 78.9 Å². The largest absolute Gasteiger partial charge is 0.480 e. The van der Waals surface area contributed by atoms with Crippen molar-refractivity contribution in [3.63, 3.8) is 0 Å². The number of nitrogens with one attached hydrogen (secondary N) is 1. The molecule has 2 aliphatic rings. The number of urea groups is 1. The van der Waals surface area contributed by atoms with Crippen LogP contribution in [0, 0.1) is 5.92 Å². The molecule has 1 aliphatic carbocycles. The summed E-state index contributed by atoms with van der Waals surface area (Å²) in [6, 6.07) is -0.297. The maximum absolute atomic E-state index is 12.2. The van der Waals surface area contributed by atoms with E-state index in [0.29, 0.717) is 19.7 Å². The molecular formula is C14H22N2O4. The van der Waals surface area contributed by atoms with Crippen LogP contribution in [0.1, 0.15) is 26.2 Å². The van der Waals surface area contributed by atoms with Crippen molar-refractivity contribution in [1.29, 1.82) is 0 Å². The lowest BCUT2D eigenvalue weighted by atomic mass is 9.96. The van der Waals surface area contributed by atoms with Crippen molar-refractivity contribution >= 4 is 12.0 Å². The second kappa shape index (κ2) is 5.83. The third-order valence-corrected chi connectivity index (χ3v) is 4.12. The van der Waals surface area contributed by atoms with Gasteiger partial charge in [-0.15, -0.1) is 0 Å². The van der Waals surface area contributed by atoms with E-state index in [1.54, 1.807) is 18.9 Å². The first-order chi connectivity index (χ1) is 9.47. The Hall–Kier alpha value is -1.56. The van der Waals surface area contributed by atoms with E-state index in [4.69, 9.17) is 4.74 Å². The number of hydrogen-bond donors (Lipinski definition) is 2. The number of hydrogen-bond acceptors (Lipinski definition) is 3. The zero-order valence-electron chi connectivity index (χ0n) is 12.0. The van der Waals surface area contributed by atoms with E-state index in [2.05, 4.69) is 5.32 Å². The predicted octanol–water partition coefficient (Wildman–Crippen LogP) is 1.23. The van der Waals surface area contributed by atoms with Crippen LogP contribution in [-0.4, -0.2) is 54.4 Å². The first-order valence-electron chi connectivity index (χ1n) is 6.94. The predicted molar refractivity (Wildman–Crippen MR) is 73.4 cm³/mol. The van der Waals surface area contributed by atoms with Crippen LogP contribution in [0.4, 0.5) is 4.79 Å². The first-order valence-corrected chi connectivity index (χ1v) is 6.94. The minimum atomic E-state index is -1.15. The second-order valence-electron chi connectivity index (χ2n) is 5.70. The molecule has 0 spiro atoms. The van der Waals surface area contributed by atoms with Crippen LogP contribution in [0.5, 0.6) is 0 Å². The fraction of sp³-hybridized carbons (Fsp3) is 0.714. The summed E-state index contributed by atoms with van der Waals surface area (Å²) in [6.45, 7) is 3.29. The van der Waals surface area contributed by atoms with E-state index in [1.165, 1.54) is 5.57 Å². The molecular weight excluding hydrogens is 260 g/mol. The van der Waals surface area contributed by atoms with Crippen LogP contribution in [0.3, 0.4) is 0 Å². The van der Waals surface area contributed by atoms with E-state index < -0.39 is 11.5 Å². The number of amides is 2. The number of carboxylic acids is 1. The molecule has 1 heterocycles. The Labute approximate surface area is 118 Å². The summed E-state index contributed by atoms with van der Waals surface area (Å²) in [5.74, 6) is -0.908. The molecule has 6 nitrogen and oxygen atoms in total. The fourth-order valence-corrected chi connectivity index (χ4v) is 2.50. The Morgan fingerprint density at radius 1 is 1.55 bits per heavy atom. The highest BCUT2D eigenvalue weighted by molar-refractivity contribution is 5.86. The highest BCUT2D eigenvalue weighted by Crippen LogP contribution is 2.39. The number of aliphatic carboxylic acids is 1. The lowest BCUT2D eigenvalue weighted by Crippen LogP contribution is -2.58. The van der Waals surface area contributed by atoms with Crippen LogP contribution in [-0.2, 0) is 9.53 Å². The van der Waals surface area contributed by atoms with E-state index in [0.717, 1.165) is 19.3 Å². The summed E-state index contributed by atoms with van der Waals surface area (Å²) >= 11 is 0. The van der Waals surface area contributed by atoms with Gasteiger partial charge in [-0.3, -0.25) is 0 Å². The Bertz CT molecular complexity index is 431. The Kier molecular flexibility index (Phi) is 4.32. The molecule has 2 rings (SSSR count). The van der Waals surface area contributed by atoms with Crippen molar-refractivity contribution in [1.82, 2.24) is 10.2 Å². The van der Waals surface area contributed by atoms with Gasteiger partial charge in [0.25, 0.3) is 0 Å². The van der Waals surface area contributed by atoms with Gasteiger partial charge in [0.15, 0.2) is 0 Å². The van der Waals surface area contributed by atoms with Crippen molar-refractivity contribution in [2.45, 2.75) is 31.7 Å². The Morgan fingerprint density at radius 2 is 2.25 bits per heavy atom. The van der Waals surface area contributed by atoms with Gasteiger partial charge in [0.05, 0.1) is 6.61 Å². The second-order valence-corrected chi connectivity index (χ2v) is 5.70. The molecule has 1 atom stereocenters. The molecule has 1 fully saturated rings. The number of ether oxygens (including phenoxy) is 1. The summed E-state index contributed by atoms with van der Waals surface area (Å²) in [5, 5.41) is 12.0. The van der Waals surface area contributed by atoms with Crippen molar-refractivity contribution in [3.8, 4) is 0 Å². The minimum absolute atomic E-state index is 0.0494. The van der Waals surface area contributed by atoms with Crippen LogP contribution in [0.2, 0.25) is 0 Å². The highest BCUT2D eigenvalue weighted by atomic mass is 16.5. The van der Waals surface area contributed by atoms with Crippen molar-refractivity contribution in [3.05, 3.63) is 11.6 Å². The third-order valence-electron chi connectivity index (χ3n) is 4.12. The molecule has 0 bridgehead atoms. The maximum Gasteiger partial charge on any atom is 0.329 e. The Morgan fingerprint density at radius 3 is 2.70 bits per heavy atom. The van der Waals surface area contributed by atoms with Gasteiger partial charge in [0, 0.05) is 20.2 Å². The SMILES string of the molecule is COCC1=CCN(C(=O)NC(C)(C(=O)O)C2CC2)CC1. The van der Waals surface area contributed by atoms with Crippen LogP contribution < -0.4 is 5.32 Å². The van der Waals surface area contributed by atoms with Crippen molar-refractivity contribution in [2.75, 3.05) is 26.8 Å². The normalized spacial score (nSPS) is 21.9. The highest BCUT2D eigenvalue weighted by Gasteiger charge is 2.49. The van der Waals surface area contributed by atoms with E-state index in [1.807, 2.05) is 6.08 Å². The van der Waals surface area contributed by atoms with Gasteiger partial charge in [-0.25, -0.2) is 9.59 Å². The molecule has 0 saturated heterocycles. The summed E-state index contributed by atoms with van der Waals surface area (Å²) in [5.41, 5.74) is 0.0351. The van der Waals surface area contributed by atoms with Crippen LogP contribution in [0.25, 0.3) is 0 Å². The van der Waals surface area contributed by atoms with Gasteiger partial charge in [0.2, 0.25) is 0 Å². The summed E-state index contributed by atoms with van der Waals surface area (Å²) in [4.78, 5) is 25.2. The molecule has 1 unspecified atom stereocenters. The van der Waals surface area contributed by atoms with Gasteiger partial charge in [0.1, 0.15) is 5.54 Å². The van der Waals surface area contributed by atoms with Gasteiger partial charge in [-0.05, 0) is 37.7 Å². The number of rotatable bonds is 5. The summed E-state index contributed by atoms with van der Waals surface area (Å²) < 4.78 is 5.06. The quantitative estimate of drug-likeness (QED) is 0.743. The molecule has 20 heavy (non-hydrogen) atoms. The first kappa shape index (κ1) is 14.8. The van der Waals surface area contributed by atoms with E-state index >= 15 is 0 Å². The van der Waals surface area contributed by atoms with E-state index in [-0.39, 0.29) is 11.9 Å². The van der Waals surface area contributed by atoms with Gasteiger partial charge in [-0.1, -0.05) is 6.08 Å². The number of methoxy groups -OCH3 is 1. The zero-order chi connectivity index (χ0) is 14.8. The molecule has 112 valence electrons. The summed E-state index contributed by atoms with van der Waals surface area (Å²) in [7, 11) is 1.65. The van der Waals surface area contributed by atoms with Gasteiger partial charge >= 0.3 is 12.0 Å². The zero-order valence-corrected chi connectivity index (χ0v) is 12.0. The average Bonchev–Trinajstić information content (AvgIpc) is 3.24. The average molecular weight is 282 g/mol. The smallest absolute Gasteiger partial charge is 0.329 e. The molecule has 1 saturated carbocycles. The molecule has 1 aliphatic heterocycles. The van der Waals surface area contributed by atoms with Crippen molar-refractivity contribution in [2.24, 2.45) is 5.92 Å². The Balaban J connectivity index is 1.94. The maximum atomic E-state index is 12.2. The summed E-state index contributed by atoms with van der Waals surface area (Å²) in [6.07, 6.45) is 4.47. The number of carboxylic acid groups (broad SMARTS) is 1. The van der Waals surface area contributed by atoms with E-state index in [9.17, 15) is 14.7 Å². The standard InChI is InChI=1S/C14H22N2O4/c1-14(12(17)18,11-3-4-11)15-13(19)16-7-5-10(6-8-16)9-20-2/h5,11H,3-4,6-9H2,1-2H3,(H,15,19)(H,17,18). The lowest BCUT2D eigenvalue weighted by Gasteiger charge is -2.32. The minimum Gasteiger partial charge on any atom is -0.480 e. The molecule has 2 N–H and O–H groups in total. The lowest BCUT2D eigenvalue weighted by molar-refractivity contribution is -0.144. The monoisotopic (exact) mass is 282 g/mol. The van der Waals surface area contributed by atoms with Crippen molar-refractivity contribution < 1.29 is 19.4 Å². The number of carbonyl (C=O) groups is 2. The fourth-order valence-electron chi connectivity index (χ4n) is 2.50.